The zero-order valence-corrected chi connectivity index (χ0v) is 7.82. The van der Waals surface area contributed by atoms with Crippen LogP contribution in [0.1, 0.15) is 0 Å². The summed E-state index contributed by atoms with van der Waals surface area (Å²) >= 11 is 0. The quantitative estimate of drug-likeness (QED) is 0.721. The topological polar surface area (TPSA) is 22.1 Å². The highest BCUT2D eigenvalue weighted by Crippen LogP contribution is 2.19. The lowest BCUT2D eigenvalue weighted by atomic mass is 10.3. The van der Waals surface area contributed by atoms with E-state index in [1.54, 1.807) is 0 Å². The number of hydrogen-bond acceptors (Lipinski definition) is 2. The molecule has 2 rings (SSSR count). The lowest BCUT2D eigenvalue weighted by molar-refractivity contribution is 0.467. The Bertz CT molecular complexity index is 326. The van der Waals surface area contributed by atoms with Crippen molar-refractivity contribution in [2.75, 3.05) is 0 Å². The first-order valence-corrected chi connectivity index (χ1v) is 4.87. The molecule has 13 heavy (non-hydrogen) atoms. The van der Waals surface area contributed by atoms with Crippen molar-refractivity contribution in [3.05, 3.63) is 48.3 Å². The molecule has 0 saturated heterocycles. The van der Waals surface area contributed by atoms with Crippen molar-refractivity contribution < 1.29 is 4.74 Å². The largest absolute Gasteiger partial charge is 0.439 e. The van der Waals surface area contributed by atoms with E-state index in [2.05, 4.69) is 4.75 Å². The minimum atomic E-state index is 0.662. The highest BCUT2D eigenvalue weighted by Gasteiger charge is 1.94. The Hall–Kier alpha value is -1.40. The standard InChI is InChI=1S/C10H8NOP/c1-2-5-9(6-3-1)12-10-7-4-8-13-11-10/h1-8H. The number of para-hydroxylation sites is 1. The molecule has 0 aliphatic heterocycles. The first-order chi connectivity index (χ1) is 6.45. The van der Waals surface area contributed by atoms with Crippen molar-refractivity contribution in [2.24, 2.45) is 0 Å². The smallest absolute Gasteiger partial charge is 0.223 e. The number of benzene rings is 1. The Labute approximate surface area is 78.4 Å². The fourth-order valence-electron chi connectivity index (χ4n) is 0.951. The van der Waals surface area contributed by atoms with Gasteiger partial charge in [-0.15, -0.1) is 0 Å². The van der Waals surface area contributed by atoms with E-state index in [1.165, 1.54) is 0 Å². The Morgan fingerprint density at radius 3 is 2.54 bits per heavy atom. The number of hydrogen-bond donors (Lipinski definition) is 0. The van der Waals surface area contributed by atoms with Gasteiger partial charge in [0.25, 0.3) is 0 Å². The third kappa shape index (κ3) is 2.27. The van der Waals surface area contributed by atoms with E-state index < -0.39 is 0 Å². The first-order valence-electron chi connectivity index (χ1n) is 3.96. The maximum absolute atomic E-state index is 5.49. The molecule has 0 radical (unpaired) electrons. The van der Waals surface area contributed by atoms with Crippen molar-refractivity contribution in [1.29, 1.82) is 0 Å². The van der Waals surface area contributed by atoms with Crippen molar-refractivity contribution >= 4 is 8.35 Å². The molecule has 0 unspecified atom stereocenters. The number of aromatic nitrogens is 1. The predicted octanol–water partition coefficient (Wildman–Crippen LogP) is 3.45. The van der Waals surface area contributed by atoms with Crippen LogP contribution in [0.15, 0.2) is 48.3 Å². The summed E-state index contributed by atoms with van der Waals surface area (Å²) in [6.07, 6.45) is 0. The Morgan fingerprint density at radius 2 is 1.85 bits per heavy atom. The third-order valence-corrected chi connectivity index (χ3v) is 2.13. The molecule has 2 aromatic rings. The molecule has 0 amide bonds. The first kappa shape index (κ1) is 8.21. The summed E-state index contributed by atoms with van der Waals surface area (Å²) in [6.45, 7) is 0. The van der Waals surface area contributed by atoms with Crippen LogP contribution in [0, 0.1) is 0 Å². The van der Waals surface area contributed by atoms with Crippen LogP contribution in [0.25, 0.3) is 0 Å². The molecular formula is C10H8NOP. The maximum atomic E-state index is 5.49. The molecule has 0 saturated carbocycles. The average Bonchev–Trinajstić information content (AvgIpc) is 2.21. The van der Waals surface area contributed by atoms with Crippen LogP contribution < -0.4 is 4.74 Å². The normalized spacial score (nSPS) is 10.2. The summed E-state index contributed by atoms with van der Waals surface area (Å²) in [4.78, 5) is 0. The second-order valence-corrected chi connectivity index (χ2v) is 3.21. The third-order valence-electron chi connectivity index (χ3n) is 1.51. The van der Waals surface area contributed by atoms with Gasteiger partial charge < -0.3 is 4.74 Å². The van der Waals surface area contributed by atoms with Crippen LogP contribution in [-0.4, -0.2) is 4.75 Å². The molecule has 3 heteroatoms. The van der Waals surface area contributed by atoms with Gasteiger partial charge >= 0.3 is 0 Å². The SMILES string of the molecule is c1ccc(Oc2cccpn2)cc1. The Balaban J connectivity index is 2.16. The molecule has 0 aliphatic carbocycles. The van der Waals surface area contributed by atoms with Gasteiger partial charge in [0.15, 0.2) is 0 Å². The molecule has 0 fully saturated rings. The van der Waals surface area contributed by atoms with Crippen molar-refractivity contribution in [2.45, 2.75) is 0 Å². The fraction of sp³-hybridized carbons (Fsp3) is 0. The average molecular weight is 189 g/mol. The van der Waals surface area contributed by atoms with Crippen LogP contribution in [0.3, 0.4) is 0 Å². The van der Waals surface area contributed by atoms with Crippen molar-refractivity contribution in [1.82, 2.24) is 4.75 Å². The van der Waals surface area contributed by atoms with Crippen LogP contribution in [0.2, 0.25) is 0 Å². The van der Waals surface area contributed by atoms with E-state index in [0.717, 1.165) is 14.1 Å². The second-order valence-electron chi connectivity index (χ2n) is 2.48. The lowest BCUT2D eigenvalue weighted by Gasteiger charge is -2.01. The van der Waals surface area contributed by atoms with Gasteiger partial charge in [-0.3, -0.25) is 0 Å². The summed E-state index contributed by atoms with van der Waals surface area (Å²) < 4.78 is 9.64. The molecule has 0 atom stereocenters. The molecular weight excluding hydrogens is 181 g/mol. The summed E-state index contributed by atoms with van der Waals surface area (Å²) in [5.74, 6) is 3.44. The van der Waals surface area contributed by atoms with Gasteiger partial charge in [-0.2, -0.15) is 4.75 Å². The van der Waals surface area contributed by atoms with Gasteiger partial charge in [0, 0.05) is 14.4 Å². The summed E-state index contributed by atoms with van der Waals surface area (Å²) in [5, 5.41) is 0. The van der Waals surface area contributed by atoms with E-state index in [-0.39, 0.29) is 0 Å². The number of nitrogens with zero attached hydrogens (tertiary/aromatic N) is 1. The molecule has 1 aromatic heterocycles. The van der Waals surface area contributed by atoms with Gasteiger partial charge in [-0.1, -0.05) is 24.3 Å². The molecule has 0 aliphatic rings. The molecule has 64 valence electrons. The van der Waals surface area contributed by atoms with Crippen LogP contribution in [-0.2, 0) is 0 Å². The Kier molecular flexibility index (Phi) is 2.54. The van der Waals surface area contributed by atoms with Gasteiger partial charge in [0.05, 0.1) is 0 Å². The van der Waals surface area contributed by atoms with E-state index in [1.807, 2.05) is 48.3 Å². The maximum Gasteiger partial charge on any atom is 0.223 e. The van der Waals surface area contributed by atoms with Gasteiger partial charge in [-0.05, 0) is 17.9 Å². The number of rotatable bonds is 2. The van der Waals surface area contributed by atoms with Gasteiger partial charge in [0.2, 0.25) is 5.88 Å². The zero-order chi connectivity index (χ0) is 8.93. The molecule has 1 heterocycles. The zero-order valence-electron chi connectivity index (χ0n) is 6.92. The number of ether oxygens (including phenoxy) is 1. The van der Waals surface area contributed by atoms with Crippen LogP contribution >= 0.6 is 8.35 Å². The molecule has 1 aromatic carbocycles. The predicted molar refractivity (Wildman–Crippen MR) is 53.3 cm³/mol. The summed E-state index contributed by atoms with van der Waals surface area (Å²) in [6, 6.07) is 13.4. The van der Waals surface area contributed by atoms with Crippen LogP contribution in [0.4, 0.5) is 0 Å². The second kappa shape index (κ2) is 4.01. The minimum Gasteiger partial charge on any atom is -0.439 e. The molecule has 0 N–H and O–H groups in total. The fourth-order valence-corrected chi connectivity index (χ4v) is 1.40. The minimum absolute atomic E-state index is 0.662. The molecule has 0 bridgehead atoms. The van der Waals surface area contributed by atoms with Gasteiger partial charge in [-0.25, -0.2) is 0 Å². The summed E-state index contributed by atoms with van der Waals surface area (Å²) in [5.41, 5.74) is 0. The summed E-state index contributed by atoms with van der Waals surface area (Å²) in [7, 11) is 0.929. The van der Waals surface area contributed by atoms with E-state index in [9.17, 15) is 0 Å². The molecule has 0 spiro atoms. The Morgan fingerprint density at radius 1 is 1.00 bits per heavy atom. The van der Waals surface area contributed by atoms with Crippen molar-refractivity contribution in [3.63, 3.8) is 0 Å². The highest BCUT2D eigenvalue weighted by atomic mass is 31.0. The van der Waals surface area contributed by atoms with Gasteiger partial charge in [0.1, 0.15) is 5.75 Å². The van der Waals surface area contributed by atoms with E-state index in [0.29, 0.717) is 5.88 Å². The van der Waals surface area contributed by atoms with E-state index >= 15 is 0 Å². The monoisotopic (exact) mass is 189 g/mol. The van der Waals surface area contributed by atoms with Crippen LogP contribution in [0.5, 0.6) is 11.6 Å². The van der Waals surface area contributed by atoms with E-state index in [4.69, 9.17) is 4.74 Å². The van der Waals surface area contributed by atoms with Crippen molar-refractivity contribution in [3.8, 4) is 11.6 Å². The highest BCUT2D eigenvalue weighted by molar-refractivity contribution is 7.24. The molecule has 2 nitrogen and oxygen atoms in total. The lowest BCUT2D eigenvalue weighted by Crippen LogP contribution is -1.83.